The highest BCUT2D eigenvalue weighted by Crippen LogP contribution is 2.19. The lowest BCUT2D eigenvalue weighted by molar-refractivity contribution is 0.0524. The Morgan fingerprint density at radius 3 is 2.82 bits per heavy atom. The molecule has 0 radical (unpaired) electrons. The van der Waals surface area contributed by atoms with Gasteiger partial charge in [0.1, 0.15) is 16.7 Å². The van der Waals surface area contributed by atoms with Crippen LogP contribution in [0.15, 0.2) is 38.4 Å². The van der Waals surface area contributed by atoms with Gasteiger partial charge in [-0.2, -0.15) is 0 Å². The van der Waals surface area contributed by atoms with E-state index in [-0.39, 0.29) is 34.2 Å². The van der Waals surface area contributed by atoms with Crippen LogP contribution in [0.4, 0.5) is 0 Å². The highest BCUT2D eigenvalue weighted by atomic mass is 35.5. The Balaban J connectivity index is 2.39. The molecule has 112 valence electrons. The van der Waals surface area contributed by atoms with Gasteiger partial charge in [0.2, 0.25) is 16.4 Å². The number of hydrogen-bond donors (Lipinski definition) is 1. The van der Waals surface area contributed by atoms with Crippen LogP contribution >= 0.6 is 11.6 Å². The molecule has 3 aromatic rings. The molecule has 0 saturated carbocycles. The van der Waals surface area contributed by atoms with E-state index in [0.717, 1.165) is 6.20 Å². The van der Waals surface area contributed by atoms with Gasteiger partial charge >= 0.3 is 5.97 Å². The van der Waals surface area contributed by atoms with Crippen molar-refractivity contribution in [2.45, 2.75) is 6.92 Å². The minimum Gasteiger partial charge on any atom is -0.462 e. The summed E-state index contributed by atoms with van der Waals surface area (Å²) in [7, 11) is 0. The zero-order valence-corrected chi connectivity index (χ0v) is 12.2. The highest BCUT2D eigenvalue weighted by molar-refractivity contribution is 6.31. The number of esters is 1. The van der Waals surface area contributed by atoms with Crippen LogP contribution in [0.3, 0.4) is 0 Å². The van der Waals surface area contributed by atoms with Gasteiger partial charge in [0.05, 0.1) is 12.0 Å². The quantitative estimate of drug-likeness (QED) is 0.579. The first kappa shape index (κ1) is 14.3. The molecule has 0 unspecified atom stereocenters. The number of pyridine rings is 1. The Bertz CT molecular complexity index is 1020. The SMILES string of the molecule is CCOC(=O)c1c[nH]c2c(=O)c3cc(Cl)ccc3oc2c1=O. The molecule has 0 aliphatic carbocycles. The van der Waals surface area contributed by atoms with Crippen molar-refractivity contribution in [2.24, 2.45) is 0 Å². The molecule has 0 aliphatic heterocycles. The molecule has 6 nitrogen and oxygen atoms in total. The van der Waals surface area contributed by atoms with E-state index in [9.17, 15) is 14.4 Å². The molecule has 0 bridgehead atoms. The number of ether oxygens (including phenoxy) is 1. The number of carbonyl (C=O) groups excluding carboxylic acids is 1. The third-order valence-corrected chi connectivity index (χ3v) is 3.39. The summed E-state index contributed by atoms with van der Waals surface area (Å²) in [5.74, 6) is -0.774. The number of rotatable bonds is 2. The van der Waals surface area contributed by atoms with Crippen LogP contribution < -0.4 is 10.9 Å². The van der Waals surface area contributed by atoms with Gasteiger partial charge in [-0.25, -0.2) is 4.79 Å². The zero-order chi connectivity index (χ0) is 15.9. The predicted octanol–water partition coefficient (Wildman–Crippen LogP) is 2.46. The molecule has 0 spiro atoms. The molecule has 0 atom stereocenters. The second-order valence-corrected chi connectivity index (χ2v) is 4.96. The molecular weight excluding hydrogens is 310 g/mol. The normalized spacial score (nSPS) is 11.0. The van der Waals surface area contributed by atoms with Crippen LogP contribution in [-0.4, -0.2) is 17.6 Å². The molecule has 7 heteroatoms. The van der Waals surface area contributed by atoms with E-state index < -0.39 is 16.8 Å². The molecule has 0 saturated heterocycles. The van der Waals surface area contributed by atoms with Crippen molar-refractivity contribution in [1.29, 1.82) is 0 Å². The minimum atomic E-state index is -0.774. The molecule has 2 heterocycles. The van der Waals surface area contributed by atoms with Crippen LogP contribution in [0.2, 0.25) is 5.02 Å². The summed E-state index contributed by atoms with van der Waals surface area (Å²) in [5, 5.41) is 0.629. The minimum absolute atomic E-state index is 0.0205. The average Bonchev–Trinajstić information content (AvgIpc) is 2.49. The maximum absolute atomic E-state index is 12.4. The lowest BCUT2D eigenvalue weighted by atomic mass is 10.2. The lowest BCUT2D eigenvalue weighted by Gasteiger charge is -2.04. The van der Waals surface area contributed by atoms with Crippen LogP contribution in [0.25, 0.3) is 22.1 Å². The van der Waals surface area contributed by atoms with Gasteiger partial charge in [-0.3, -0.25) is 9.59 Å². The largest absolute Gasteiger partial charge is 0.462 e. The number of nitrogens with one attached hydrogen (secondary N) is 1. The molecule has 3 rings (SSSR count). The highest BCUT2D eigenvalue weighted by Gasteiger charge is 2.18. The summed E-state index contributed by atoms with van der Waals surface area (Å²) in [4.78, 5) is 39.1. The number of benzene rings is 1. The number of fused-ring (bicyclic) bond motifs is 2. The maximum Gasteiger partial charge on any atom is 0.343 e. The summed E-state index contributed by atoms with van der Waals surface area (Å²) in [5.41, 5.74) is -1.36. The first-order valence-electron chi connectivity index (χ1n) is 6.47. The molecule has 0 amide bonds. The molecule has 1 N–H and O–H groups in total. The number of aromatic amines is 1. The number of H-pyrrole nitrogens is 1. The van der Waals surface area contributed by atoms with Crippen LogP contribution in [0, 0.1) is 0 Å². The fourth-order valence-electron chi connectivity index (χ4n) is 2.15. The van der Waals surface area contributed by atoms with Gasteiger partial charge in [-0.1, -0.05) is 11.6 Å². The maximum atomic E-state index is 12.4. The van der Waals surface area contributed by atoms with E-state index in [1.54, 1.807) is 13.0 Å². The zero-order valence-electron chi connectivity index (χ0n) is 11.4. The van der Waals surface area contributed by atoms with Crippen molar-refractivity contribution in [3.8, 4) is 0 Å². The van der Waals surface area contributed by atoms with Gasteiger partial charge in [-0.05, 0) is 25.1 Å². The number of hydrogen-bond acceptors (Lipinski definition) is 5. The van der Waals surface area contributed by atoms with Crippen LogP contribution in [0.1, 0.15) is 17.3 Å². The van der Waals surface area contributed by atoms with Crippen molar-refractivity contribution in [3.05, 3.63) is 55.4 Å². The van der Waals surface area contributed by atoms with Gasteiger partial charge in [0.15, 0.2) is 0 Å². The van der Waals surface area contributed by atoms with Gasteiger partial charge in [-0.15, -0.1) is 0 Å². The van der Waals surface area contributed by atoms with Gasteiger partial charge in [0.25, 0.3) is 0 Å². The molecule has 22 heavy (non-hydrogen) atoms. The Labute approximate surface area is 128 Å². The van der Waals surface area contributed by atoms with E-state index in [1.807, 2.05) is 0 Å². The lowest BCUT2D eigenvalue weighted by Crippen LogP contribution is -2.20. The van der Waals surface area contributed by atoms with E-state index in [0.29, 0.717) is 5.02 Å². The van der Waals surface area contributed by atoms with E-state index >= 15 is 0 Å². The fraction of sp³-hybridized carbons (Fsp3) is 0.133. The van der Waals surface area contributed by atoms with Gasteiger partial charge in [0, 0.05) is 11.2 Å². The monoisotopic (exact) mass is 319 g/mol. The second kappa shape index (κ2) is 5.31. The first-order valence-corrected chi connectivity index (χ1v) is 6.85. The summed E-state index contributed by atoms with van der Waals surface area (Å²) in [6.07, 6.45) is 1.15. The molecule has 2 aromatic heterocycles. The van der Waals surface area contributed by atoms with Crippen molar-refractivity contribution >= 4 is 39.6 Å². The number of carbonyl (C=O) groups is 1. The first-order chi connectivity index (χ1) is 10.5. The number of aromatic nitrogens is 1. The number of halogens is 1. The van der Waals surface area contributed by atoms with Crippen molar-refractivity contribution < 1.29 is 13.9 Å². The van der Waals surface area contributed by atoms with E-state index in [1.165, 1.54) is 12.1 Å². The smallest absolute Gasteiger partial charge is 0.343 e. The second-order valence-electron chi connectivity index (χ2n) is 4.53. The topological polar surface area (TPSA) is 89.4 Å². The molecule has 0 aliphatic rings. The van der Waals surface area contributed by atoms with Gasteiger partial charge < -0.3 is 14.1 Å². The van der Waals surface area contributed by atoms with E-state index in [4.69, 9.17) is 20.8 Å². The fourth-order valence-corrected chi connectivity index (χ4v) is 2.32. The standard InChI is InChI=1S/C15H10ClNO5/c1-2-21-15(20)9-6-17-11-12(18)8-5-7(16)3-4-10(8)22-14(11)13(9)19/h3-6H,2H2,1H3,(H,17,19). The van der Waals surface area contributed by atoms with Crippen LogP contribution in [0.5, 0.6) is 0 Å². The molecule has 1 aromatic carbocycles. The Kier molecular flexibility index (Phi) is 3.46. The Morgan fingerprint density at radius 2 is 2.09 bits per heavy atom. The summed E-state index contributed by atoms with van der Waals surface area (Å²) in [6, 6.07) is 4.50. The summed E-state index contributed by atoms with van der Waals surface area (Å²) >= 11 is 5.86. The van der Waals surface area contributed by atoms with Crippen molar-refractivity contribution in [1.82, 2.24) is 4.98 Å². The molecular formula is C15H10ClNO5. The average molecular weight is 320 g/mol. The van der Waals surface area contributed by atoms with E-state index in [2.05, 4.69) is 4.98 Å². The van der Waals surface area contributed by atoms with Crippen molar-refractivity contribution in [2.75, 3.05) is 6.61 Å². The van der Waals surface area contributed by atoms with Crippen LogP contribution in [-0.2, 0) is 4.74 Å². The molecule has 0 fully saturated rings. The summed E-state index contributed by atoms with van der Waals surface area (Å²) < 4.78 is 10.3. The predicted molar refractivity (Wildman–Crippen MR) is 81.6 cm³/mol. The third kappa shape index (κ3) is 2.17. The summed E-state index contributed by atoms with van der Waals surface area (Å²) in [6.45, 7) is 1.76. The Morgan fingerprint density at radius 1 is 1.32 bits per heavy atom. The third-order valence-electron chi connectivity index (χ3n) is 3.16. The Hall–Kier alpha value is -2.60. The van der Waals surface area contributed by atoms with Crippen molar-refractivity contribution in [3.63, 3.8) is 0 Å².